The predicted octanol–water partition coefficient (Wildman–Crippen LogP) is 6.31. The average molecular weight is 521 g/mol. The summed E-state index contributed by atoms with van der Waals surface area (Å²) in [5.74, 6) is 0.491. The molecule has 3 aromatic carbocycles. The van der Waals surface area contributed by atoms with Gasteiger partial charge in [-0.15, -0.1) is 0 Å². The van der Waals surface area contributed by atoms with Crippen molar-refractivity contribution < 1.29 is 9.18 Å². The van der Waals surface area contributed by atoms with E-state index in [-0.39, 0.29) is 6.03 Å². The molecular weight excluding hydrogens is 491 g/mol. The van der Waals surface area contributed by atoms with Gasteiger partial charge in [0.1, 0.15) is 11.6 Å². The molecule has 7 nitrogen and oxygen atoms in total. The summed E-state index contributed by atoms with van der Waals surface area (Å²) in [6.07, 6.45) is 2.02. The summed E-state index contributed by atoms with van der Waals surface area (Å²) < 4.78 is 18.0. The average Bonchev–Trinajstić information content (AvgIpc) is 3.49. The Labute approximate surface area is 226 Å². The minimum atomic E-state index is -0.407. The van der Waals surface area contributed by atoms with Crippen LogP contribution in [0.3, 0.4) is 0 Å². The van der Waals surface area contributed by atoms with Gasteiger partial charge in [-0.25, -0.2) is 13.9 Å². The van der Waals surface area contributed by atoms with E-state index >= 15 is 0 Å². The molecule has 2 amide bonds. The third-order valence-electron chi connectivity index (χ3n) is 7.15. The quantitative estimate of drug-likeness (QED) is 0.302. The van der Waals surface area contributed by atoms with Crippen molar-refractivity contribution in [3.05, 3.63) is 126 Å². The smallest absolute Gasteiger partial charge is 0.322 e. The molecule has 0 aliphatic carbocycles. The number of amides is 2. The fourth-order valence-electron chi connectivity index (χ4n) is 5.22. The van der Waals surface area contributed by atoms with Crippen molar-refractivity contribution in [2.75, 3.05) is 24.3 Å². The SMILES string of the molecule is Cc1nn(-c2ccccc2)c2c1CN(C(=O)Nc1cccc(F)c1)C(c1ccc(N(C)C)cc1)c1cccn1-2. The van der Waals surface area contributed by atoms with Crippen molar-refractivity contribution in [2.24, 2.45) is 0 Å². The van der Waals surface area contributed by atoms with Crippen molar-refractivity contribution in [2.45, 2.75) is 19.5 Å². The number of nitrogens with zero attached hydrogens (tertiary/aromatic N) is 5. The molecule has 0 spiro atoms. The predicted molar refractivity (Wildman–Crippen MR) is 151 cm³/mol. The zero-order valence-electron chi connectivity index (χ0n) is 22.0. The molecule has 0 saturated carbocycles. The highest BCUT2D eigenvalue weighted by Crippen LogP contribution is 2.39. The number of para-hydroxylation sites is 1. The Morgan fingerprint density at radius 3 is 2.46 bits per heavy atom. The fourth-order valence-corrected chi connectivity index (χ4v) is 5.22. The zero-order chi connectivity index (χ0) is 27.1. The lowest BCUT2D eigenvalue weighted by Crippen LogP contribution is -2.38. The number of hydrogen-bond donors (Lipinski definition) is 1. The van der Waals surface area contributed by atoms with E-state index in [1.165, 1.54) is 12.1 Å². The van der Waals surface area contributed by atoms with Crippen LogP contribution < -0.4 is 10.2 Å². The summed E-state index contributed by atoms with van der Waals surface area (Å²) in [5.41, 5.74) is 6.08. The number of nitrogens with one attached hydrogen (secondary N) is 1. The Bertz CT molecular complexity index is 1640. The van der Waals surface area contributed by atoms with Crippen LogP contribution in [0, 0.1) is 12.7 Å². The topological polar surface area (TPSA) is 58.3 Å². The van der Waals surface area contributed by atoms with Gasteiger partial charge in [-0.05, 0) is 67.1 Å². The molecule has 0 saturated heterocycles. The number of hydrogen-bond acceptors (Lipinski definition) is 3. The van der Waals surface area contributed by atoms with Gasteiger partial charge in [-0.1, -0.05) is 36.4 Å². The van der Waals surface area contributed by atoms with Gasteiger partial charge in [0, 0.05) is 37.2 Å². The molecule has 0 fully saturated rings. The van der Waals surface area contributed by atoms with E-state index in [1.54, 1.807) is 17.0 Å². The number of urea groups is 1. The highest BCUT2D eigenvalue weighted by atomic mass is 19.1. The minimum absolute atomic E-state index is 0.316. The molecular formula is C31H29FN6O. The van der Waals surface area contributed by atoms with Gasteiger partial charge in [0.2, 0.25) is 0 Å². The third kappa shape index (κ3) is 4.44. The lowest BCUT2D eigenvalue weighted by Gasteiger charge is -2.31. The number of halogens is 1. The molecule has 1 aliphatic heterocycles. The maximum absolute atomic E-state index is 14.0. The van der Waals surface area contributed by atoms with E-state index in [1.807, 2.05) is 79.3 Å². The molecule has 39 heavy (non-hydrogen) atoms. The molecule has 1 aliphatic rings. The second kappa shape index (κ2) is 9.79. The molecule has 5 aromatic rings. The summed E-state index contributed by atoms with van der Waals surface area (Å²) in [6.45, 7) is 2.28. The molecule has 6 rings (SSSR count). The molecule has 1 unspecified atom stereocenters. The van der Waals surface area contributed by atoms with Gasteiger partial charge in [0.05, 0.1) is 29.7 Å². The Balaban J connectivity index is 1.52. The van der Waals surface area contributed by atoms with Crippen LogP contribution in [0.1, 0.15) is 28.6 Å². The molecule has 0 radical (unpaired) electrons. The van der Waals surface area contributed by atoms with Crippen molar-refractivity contribution in [3.63, 3.8) is 0 Å². The Hall–Kier alpha value is -4.85. The number of anilines is 2. The van der Waals surface area contributed by atoms with Crippen LogP contribution in [0.25, 0.3) is 11.5 Å². The third-order valence-corrected chi connectivity index (χ3v) is 7.15. The summed E-state index contributed by atoms with van der Waals surface area (Å²) >= 11 is 0. The second-order valence-corrected chi connectivity index (χ2v) is 9.89. The number of rotatable bonds is 4. The van der Waals surface area contributed by atoms with E-state index < -0.39 is 11.9 Å². The first-order chi connectivity index (χ1) is 18.9. The van der Waals surface area contributed by atoms with Gasteiger partial charge in [-0.2, -0.15) is 5.10 Å². The molecule has 0 bridgehead atoms. The van der Waals surface area contributed by atoms with Crippen LogP contribution in [0.15, 0.2) is 97.2 Å². The standard InChI is InChI=1S/C31H29FN6O/c1-21-27-20-37(31(39)33-24-10-7-9-23(32)19-24)29(22-14-16-25(17-15-22)35(2)3)28-13-8-18-36(28)30(27)38(34-21)26-11-5-4-6-12-26/h4-19,29H,20H2,1-3H3,(H,33,39). The van der Waals surface area contributed by atoms with Crippen LogP contribution in [0.2, 0.25) is 0 Å². The first kappa shape index (κ1) is 24.5. The van der Waals surface area contributed by atoms with Gasteiger partial charge in [-0.3, -0.25) is 0 Å². The van der Waals surface area contributed by atoms with Crippen LogP contribution in [0.4, 0.5) is 20.6 Å². The molecule has 2 aromatic heterocycles. The van der Waals surface area contributed by atoms with Gasteiger partial charge in [0.15, 0.2) is 0 Å². The van der Waals surface area contributed by atoms with Crippen molar-refractivity contribution in [1.82, 2.24) is 19.2 Å². The van der Waals surface area contributed by atoms with E-state index in [0.29, 0.717) is 12.2 Å². The Kier molecular flexibility index (Phi) is 6.15. The first-order valence-electron chi connectivity index (χ1n) is 12.8. The van der Waals surface area contributed by atoms with E-state index in [9.17, 15) is 9.18 Å². The van der Waals surface area contributed by atoms with Crippen LogP contribution >= 0.6 is 0 Å². The highest BCUT2D eigenvalue weighted by Gasteiger charge is 2.36. The molecule has 3 heterocycles. The van der Waals surface area contributed by atoms with Crippen molar-refractivity contribution in [3.8, 4) is 11.5 Å². The molecule has 196 valence electrons. The van der Waals surface area contributed by atoms with Crippen LogP contribution in [0.5, 0.6) is 0 Å². The summed E-state index contributed by atoms with van der Waals surface area (Å²) in [6, 6.07) is 27.5. The fraction of sp³-hybridized carbons (Fsp3) is 0.161. The van der Waals surface area contributed by atoms with E-state index in [4.69, 9.17) is 5.10 Å². The number of carbonyl (C=O) groups is 1. The van der Waals surface area contributed by atoms with Gasteiger partial charge in [0.25, 0.3) is 0 Å². The van der Waals surface area contributed by atoms with Crippen molar-refractivity contribution >= 4 is 17.4 Å². The lowest BCUT2D eigenvalue weighted by atomic mass is 10.0. The molecule has 8 heteroatoms. The Morgan fingerprint density at radius 1 is 0.974 bits per heavy atom. The van der Waals surface area contributed by atoms with E-state index in [2.05, 4.69) is 34.1 Å². The van der Waals surface area contributed by atoms with E-state index in [0.717, 1.165) is 39.7 Å². The molecule has 1 atom stereocenters. The first-order valence-corrected chi connectivity index (χ1v) is 12.8. The maximum atomic E-state index is 14.0. The summed E-state index contributed by atoms with van der Waals surface area (Å²) in [7, 11) is 4.00. The van der Waals surface area contributed by atoms with Crippen molar-refractivity contribution in [1.29, 1.82) is 0 Å². The summed E-state index contributed by atoms with van der Waals surface area (Å²) in [4.78, 5) is 17.8. The van der Waals surface area contributed by atoms with Gasteiger partial charge < -0.3 is 19.7 Å². The van der Waals surface area contributed by atoms with Crippen LogP contribution in [-0.4, -0.2) is 39.4 Å². The second-order valence-electron chi connectivity index (χ2n) is 9.89. The maximum Gasteiger partial charge on any atom is 0.322 e. The highest BCUT2D eigenvalue weighted by molar-refractivity contribution is 5.90. The Morgan fingerprint density at radius 2 is 1.74 bits per heavy atom. The largest absolute Gasteiger partial charge is 0.378 e. The number of benzene rings is 3. The van der Waals surface area contributed by atoms with Gasteiger partial charge >= 0.3 is 6.03 Å². The zero-order valence-corrected chi connectivity index (χ0v) is 22.0. The number of fused-ring (bicyclic) bond motifs is 3. The number of aromatic nitrogens is 3. The monoisotopic (exact) mass is 520 g/mol. The summed E-state index contributed by atoms with van der Waals surface area (Å²) in [5, 5.41) is 7.81. The number of carbonyl (C=O) groups excluding carboxylic acids is 1. The molecule has 1 N–H and O–H groups in total. The lowest BCUT2D eigenvalue weighted by molar-refractivity contribution is 0.194. The minimum Gasteiger partial charge on any atom is -0.378 e. The van der Waals surface area contributed by atoms with Crippen LogP contribution in [-0.2, 0) is 6.54 Å². The normalized spacial score (nSPS) is 14.4. The number of aryl methyl sites for hydroxylation is 1.